The number of halogens is 1. The molecule has 0 atom stereocenters. The molecule has 3 aliphatic rings. The van der Waals surface area contributed by atoms with Crippen molar-refractivity contribution in [3.05, 3.63) is 65.1 Å². The Hall–Kier alpha value is -3.03. The molecular weight excluding hydrogens is 472 g/mol. The van der Waals surface area contributed by atoms with E-state index in [2.05, 4.69) is 50.5 Å². The number of nitrogens with one attached hydrogen (secondary N) is 1. The van der Waals surface area contributed by atoms with Crippen molar-refractivity contribution in [2.45, 2.75) is 32.2 Å². The maximum absolute atomic E-state index is 6.66. The summed E-state index contributed by atoms with van der Waals surface area (Å²) in [4.78, 5) is 16.9. The van der Waals surface area contributed by atoms with Crippen LogP contribution in [0.25, 0.3) is 10.8 Å². The predicted octanol–water partition coefficient (Wildman–Crippen LogP) is 4.59. The van der Waals surface area contributed by atoms with Gasteiger partial charge in [0.1, 0.15) is 12.4 Å². The van der Waals surface area contributed by atoms with E-state index in [9.17, 15) is 0 Å². The fourth-order valence-corrected chi connectivity index (χ4v) is 5.83. The summed E-state index contributed by atoms with van der Waals surface area (Å²) in [5, 5.41) is 6.31. The predicted molar refractivity (Wildman–Crippen MR) is 146 cm³/mol. The average molecular weight is 505 g/mol. The first-order valence-electron chi connectivity index (χ1n) is 13.1. The zero-order valence-corrected chi connectivity index (χ0v) is 21.4. The normalized spacial score (nSPS) is 18.2. The summed E-state index contributed by atoms with van der Waals surface area (Å²) >= 11 is 6.66. The van der Waals surface area contributed by atoms with Crippen molar-refractivity contribution in [1.29, 1.82) is 0 Å². The number of rotatable bonds is 6. The van der Waals surface area contributed by atoms with Crippen LogP contribution >= 0.6 is 11.6 Å². The van der Waals surface area contributed by atoms with Gasteiger partial charge in [0.2, 0.25) is 0 Å². The van der Waals surface area contributed by atoms with E-state index in [0.717, 1.165) is 78.7 Å². The number of benzene rings is 2. The Morgan fingerprint density at radius 1 is 0.972 bits per heavy atom. The summed E-state index contributed by atoms with van der Waals surface area (Å²) in [6, 6.07) is 13.0. The highest BCUT2D eigenvalue weighted by atomic mass is 35.5. The number of hydrogen-bond acceptors (Lipinski definition) is 7. The third-order valence-electron chi connectivity index (χ3n) is 7.42. The molecule has 1 N–H and O–H groups in total. The molecule has 1 saturated heterocycles. The van der Waals surface area contributed by atoms with E-state index in [1.54, 1.807) is 0 Å². The zero-order valence-electron chi connectivity index (χ0n) is 20.6. The van der Waals surface area contributed by atoms with Gasteiger partial charge in [0.05, 0.1) is 17.3 Å². The molecule has 1 aromatic heterocycles. The van der Waals surface area contributed by atoms with Crippen molar-refractivity contribution in [2.24, 2.45) is 0 Å². The summed E-state index contributed by atoms with van der Waals surface area (Å²) < 4.78 is 6.17. The Morgan fingerprint density at radius 2 is 1.83 bits per heavy atom. The number of aromatic nitrogens is 2. The fourth-order valence-electron chi connectivity index (χ4n) is 5.55. The fraction of sp³-hybridized carbons (Fsp3) is 0.429. The molecule has 4 heterocycles. The summed E-state index contributed by atoms with van der Waals surface area (Å²) in [5.74, 6) is 0.973. The highest BCUT2D eigenvalue weighted by Crippen LogP contribution is 2.37. The molecule has 188 valence electrons. The molecule has 3 aromatic rings. The van der Waals surface area contributed by atoms with Crippen LogP contribution in [-0.2, 0) is 13.0 Å². The second-order valence-corrected chi connectivity index (χ2v) is 10.2. The maximum Gasteiger partial charge on any atom is 0.318 e. The molecule has 36 heavy (non-hydrogen) atoms. The van der Waals surface area contributed by atoms with Gasteiger partial charge in [0.15, 0.2) is 0 Å². The van der Waals surface area contributed by atoms with Crippen LogP contribution in [0, 0.1) is 0 Å². The molecule has 6 rings (SSSR count). The molecule has 0 saturated carbocycles. The van der Waals surface area contributed by atoms with Crippen LogP contribution in [0.5, 0.6) is 6.01 Å². The minimum atomic E-state index is 0.477. The lowest BCUT2D eigenvalue weighted by molar-refractivity contribution is 0.177. The molecule has 0 aliphatic carbocycles. The van der Waals surface area contributed by atoms with E-state index in [0.29, 0.717) is 19.2 Å². The lowest BCUT2D eigenvalue weighted by atomic mass is 10.0. The third-order valence-corrected chi connectivity index (χ3v) is 7.74. The lowest BCUT2D eigenvalue weighted by Gasteiger charge is -2.34. The van der Waals surface area contributed by atoms with Crippen LogP contribution < -0.4 is 19.9 Å². The summed E-state index contributed by atoms with van der Waals surface area (Å²) in [5.41, 5.74) is 3.40. The highest BCUT2D eigenvalue weighted by molar-refractivity contribution is 6.36. The Morgan fingerprint density at radius 3 is 2.67 bits per heavy atom. The minimum Gasteiger partial charge on any atom is -0.462 e. The minimum absolute atomic E-state index is 0.477. The number of ether oxygens (including phenoxy) is 1. The molecule has 0 spiro atoms. The largest absolute Gasteiger partial charge is 0.462 e. The number of likely N-dealkylation sites (tertiary alicyclic amines) is 1. The molecular formula is C28H33ClN6O. The molecule has 1 fully saturated rings. The SMILES string of the molecule is Clc1cccc2cccc(N3CCc4c(nc(OCCN5CCCCC5)nc4N4C=CNCC4)C3)c12. The molecule has 0 amide bonds. The average Bonchev–Trinajstić information content (AvgIpc) is 2.93. The summed E-state index contributed by atoms with van der Waals surface area (Å²) in [6.07, 6.45) is 8.83. The molecule has 0 unspecified atom stereocenters. The van der Waals surface area contributed by atoms with Crippen molar-refractivity contribution in [3.63, 3.8) is 0 Å². The third kappa shape index (κ3) is 4.82. The van der Waals surface area contributed by atoms with E-state index < -0.39 is 0 Å². The molecule has 7 nitrogen and oxygen atoms in total. The number of piperidine rings is 1. The van der Waals surface area contributed by atoms with Crippen LogP contribution in [0.3, 0.4) is 0 Å². The standard InChI is InChI=1S/C28H33ClN6O/c29-23-8-4-6-21-7-5-9-25(26(21)23)35-15-10-22-24(20-35)31-28(32-27(22)34-16-11-30-12-17-34)36-19-18-33-13-2-1-3-14-33/h4-9,11,16,30H,1-3,10,12-15,17-20H2. The van der Waals surface area contributed by atoms with E-state index in [4.69, 9.17) is 26.3 Å². The van der Waals surface area contributed by atoms with E-state index in [1.165, 1.54) is 24.8 Å². The first-order chi connectivity index (χ1) is 17.8. The number of fused-ring (bicyclic) bond motifs is 2. The first-order valence-corrected chi connectivity index (χ1v) is 13.5. The van der Waals surface area contributed by atoms with Crippen molar-refractivity contribution < 1.29 is 4.74 Å². The summed E-state index contributed by atoms with van der Waals surface area (Å²) in [6.45, 7) is 7.20. The molecule has 8 heteroatoms. The smallest absolute Gasteiger partial charge is 0.318 e. The zero-order chi connectivity index (χ0) is 24.3. The Bertz CT molecular complexity index is 1250. The van der Waals surface area contributed by atoms with Crippen molar-refractivity contribution >= 4 is 33.9 Å². The lowest BCUT2D eigenvalue weighted by Crippen LogP contribution is -2.36. The summed E-state index contributed by atoms with van der Waals surface area (Å²) in [7, 11) is 0. The number of hydrogen-bond donors (Lipinski definition) is 1. The first kappa shape index (κ1) is 23.4. The van der Waals surface area contributed by atoms with Crippen LogP contribution in [-0.4, -0.2) is 60.7 Å². The molecule has 0 radical (unpaired) electrons. The molecule has 2 aromatic carbocycles. The monoisotopic (exact) mass is 504 g/mol. The van der Waals surface area contributed by atoms with Gasteiger partial charge >= 0.3 is 6.01 Å². The Balaban J connectivity index is 1.29. The van der Waals surface area contributed by atoms with Crippen molar-refractivity contribution in [1.82, 2.24) is 20.2 Å². The van der Waals surface area contributed by atoms with Crippen LogP contribution in [0.15, 0.2) is 48.8 Å². The van der Waals surface area contributed by atoms with Crippen LogP contribution in [0.2, 0.25) is 5.02 Å². The second-order valence-electron chi connectivity index (χ2n) is 9.76. The van der Waals surface area contributed by atoms with Crippen LogP contribution in [0.1, 0.15) is 30.5 Å². The molecule has 0 bridgehead atoms. The van der Waals surface area contributed by atoms with Gasteiger partial charge in [-0.1, -0.05) is 42.3 Å². The van der Waals surface area contributed by atoms with Crippen molar-refractivity contribution in [2.75, 3.05) is 55.7 Å². The van der Waals surface area contributed by atoms with Crippen LogP contribution in [0.4, 0.5) is 11.5 Å². The van der Waals surface area contributed by atoms with Gasteiger partial charge in [-0.3, -0.25) is 4.90 Å². The van der Waals surface area contributed by atoms with Gasteiger partial charge in [-0.05, 0) is 49.9 Å². The van der Waals surface area contributed by atoms with Crippen molar-refractivity contribution in [3.8, 4) is 6.01 Å². The highest BCUT2D eigenvalue weighted by Gasteiger charge is 2.27. The van der Waals surface area contributed by atoms with Gasteiger partial charge < -0.3 is 19.9 Å². The van der Waals surface area contributed by atoms with Gasteiger partial charge in [0, 0.05) is 55.2 Å². The Labute approximate surface area is 217 Å². The number of nitrogens with zero attached hydrogens (tertiary/aromatic N) is 5. The molecule has 3 aliphatic heterocycles. The van der Waals surface area contributed by atoms with Gasteiger partial charge in [0.25, 0.3) is 0 Å². The van der Waals surface area contributed by atoms with E-state index in [-0.39, 0.29) is 0 Å². The quantitative estimate of drug-likeness (QED) is 0.526. The van der Waals surface area contributed by atoms with Gasteiger partial charge in [-0.2, -0.15) is 9.97 Å². The van der Waals surface area contributed by atoms with Gasteiger partial charge in [-0.15, -0.1) is 0 Å². The second kappa shape index (κ2) is 10.5. The number of anilines is 2. The maximum atomic E-state index is 6.66. The van der Waals surface area contributed by atoms with Gasteiger partial charge in [-0.25, -0.2) is 0 Å². The Kier molecular flexibility index (Phi) is 6.84. The van der Waals surface area contributed by atoms with E-state index in [1.807, 2.05) is 18.3 Å². The van der Waals surface area contributed by atoms with E-state index >= 15 is 0 Å². The topological polar surface area (TPSA) is 56.8 Å².